The summed E-state index contributed by atoms with van der Waals surface area (Å²) >= 11 is 0. The van der Waals surface area contributed by atoms with Crippen molar-refractivity contribution in [3.05, 3.63) is 47.8 Å². The Balaban J connectivity index is 1.78. The van der Waals surface area contributed by atoms with Crippen LogP contribution in [0.4, 0.5) is 5.69 Å². The van der Waals surface area contributed by atoms with Crippen LogP contribution in [0.25, 0.3) is 0 Å². The molecule has 2 aromatic rings. The van der Waals surface area contributed by atoms with E-state index in [4.69, 9.17) is 9.47 Å². The lowest BCUT2D eigenvalue weighted by molar-refractivity contribution is 0.0718. The Morgan fingerprint density at radius 1 is 1.04 bits per heavy atom. The summed E-state index contributed by atoms with van der Waals surface area (Å²) < 4.78 is 10.5. The van der Waals surface area contributed by atoms with E-state index >= 15 is 0 Å². The third-order valence-corrected chi connectivity index (χ3v) is 4.54. The number of ether oxygens (including phenoxy) is 2. The Kier molecular flexibility index (Phi) is 5.90. The number of piperidine rings is 1. The number of rotatable bonds is 5. The second-order valence-corrected chi connectivity index (χ2v) is 6.30. The summed E-state index contributed by atoms with van der Waals surface area (Å²) in [7, 11) is 3.08. The molecule has 1 aliphatic rings. The molecular weight excluding hydrogens is 346 g/mol. The summed E-state index contributed by atoms with van der Waals surface area (Å²) in [6, 6.07) is 8.24. The van der Waals surface area contributed by atoms with Crippen LogP contribution in [0.5, 0.6) is 11.5 Å². The zero-order valence-corrected chi connectivity index (χ0v) is 15.5. The maximum absolute atomic E-state index is 12.7. The van der Waals surface area contributed by atoms with E-state index in [2.05, 4.69) is 10.3 Å². The topological polar surface area (TPSA) is 80.8 Å². The molecule has 2 heterocycles. The standard InChI is InChI=1S/C20H23N3O4/c1-26-15-6-7-18(27-2)16(13-15)22-19(24)14-8-9-21-17(12-14)20(25)23-10-4-3-5-11-23/h6-9,12-13H,3-5,10-11H2,1-2H3,(H,22,24). The number of anilines is 1. The van der Waals surface area contributed by atoms with Crippen molar-refractivity contribution in [1.82, 2.24) is 9.88 Å². The van der Waals surface area contributed by atoms with E-state index in [1.54, 1.807) is 36.3 Å². The van der Waals surface area contributed by atoms with Crippen LogP contribution >= 0.6 is 0 Å². The first-order chi connectivity index (χ1) is 13.1. The maximum atomic E-state index is 12.7. The van der Waals surface area contributed by atoms with Crippen LogP contribution in [-0.2, 0) is 0 Å². The van der Waals surface area contributed by atoms with Crippen LogP contribution in [0.1, 0.15) is 40.1 Å². The van der Waals surface area contributed by atoms with E-state index in [1.165, 1.54) is 19.4 Å². The average molecular weight is 369 g/mol. The minimum atomic E-state index is -0.350. The quantitative estimate of drug-likeness (QED) is 0.876. The molecule has 1 saturated heterocycles. The molecule has 1 fully saturated rings. The lowest BCUT2D eigenvalue weighted by Crippen LogP contribution is -2.36. The molecule has 0 aliphatic carbocycles. The zero-order valence-electron chi connectivity index (χ0n) is 15.5. The Hall–Kier alpha value is -3.09. The molecule has 0 bridgehead atoms. The number of aromatic nitrogens is 1. The van der Waals surface area contributed by atoms with Crippen LogP contribution in [-0.4, -0.2) is 49.0 Å². The number of nitrogens with zero attached hydrogens (tertiary/aromatic N) is 2. The van der Waals surface area contributed by atoms with Gasteiger partial charge < -0.3 is 19.7 Å². The van der Waals surface area contributed by atoms with Gasteiger partial charge in [-0.3, -0.25) is 14.6 Å². The summed E-state index contributed by atoms with van der Waals surface area (Å²) in [4.78, 5) is 31.2. The van der Waals surface area contributed by atoms with Crippen molar-refractivity contribution in [1.29, 1.82) is 0 Å². The molecule has 0 unspecified atom stereocenters. The van der Waals surface area contributed by atoms with E-state index in [9.17, 15) is 9.59 Å². The fraction of sp³-hybridized carbons (Fsp3) is 0.350. The number of hydrogen-bond donors (Lipinski definition) is 1. The highest BCUT2D eigenvalue weighted by Gasteiger charge is 2.20. The van der Waals surface area contributed by atoms with Crippen LogP contribution in [0.3, 0.4) is 0 Å². The normalized spacial score (nSPS) is 13.8. The highest BCUT2D eigenvalue weighted by Crippen LogP contribution is 2.29. The molecule has 1 aromatic heterocycles. The number of hydrogen-bond acceptors (Lipinski definition) is 5. The van der Waals surface area contributed by atoms with Crippen LogP contribution in [0.2, 0.25) is 0 Å². The molecule has 0 saturated carbocycles. The number of methoxy groups -OCH3 is 2. The number of nitrogens with one attached hydrogen (secondary N) is 1. The van der Waals surface area contributed by atoms with E-state index in [-0.39, 0.29) is 17.5 Å². The molecule has 142 valence electrons. The lowest BCUT2D eigenvalue weighted by atomic mass is 10.1. The van der Waals surface area contributed by atoms with Gasteiger partial charge in [-0.2, -0.15) is 0 Å². The van der Waals surface area contributed by atoms with Gasteiger partial charge in [0, 0.05) is 30.9 Å². The van der Waals surface area contributed by atoms with Crippen molar-refractivity contribution in [3.63, 3.8) is 0 Å². The second-order valence-electron chi connectivity index (χ2n) is 6.30. The van der Waals surface area contributed by atoms with Crippen molar-refractivity contribution in [3.8, 4) is 11.5 Å². The lowest BCUT2D eigenvalue weighted by Gasteiger charge is -2.26. The summed E-state index contributed by atoms with van der Waals surface area (Å²) in [6.45, 7) is 1.47. The first kappa shape index (κ1) is 18.7. The third-order valence-electron chi connectivity index (χ3n) is 4.54. The number of pyridine rings is 1. The van der Waals surface area contributed by atoms with Gasteiger partial charge >= 0.3 is 0 Å². The van der Waals surface area contributed by atoms with Gasteiger partial charge in [-0.15, -0.1) is 0 Å². The highest BCUT2D eigenvalue weighted by atomic mass is 16.5. The number of benzene rings is 1. The smallest absolute Gasteiger partial charge is 0.272 e. The van der Waals surface area contributed by atoms with Gasteiger partial charge in [-0.05, 0) is 43.5 Å². The average Bonchev–Trinajstić information content (AvgIpc) is 2.73. The first-order valence-corrected chi connectivity index (χ1v) is 8.91. The Morgan fingerprint density at radius 2 is 1.81 bits per heavy atom. The molecule has 3 rings (SSSR count). The van der Waals surface area contributed by atoms with E-state index in [0.717, 1.165) is 32.4 Å². The van der Waals surface area contributed by atoms with Gasteiger partial charge in [-0.25, -0.2) is 0 Å². The molecular formula is C20H23N3O4. The molecule has 1 N–H and O–H groups in total. The van der Waals surface area contributed by atoms with Crippen molar-refractivity contribution < 1.29 is 19.1 Å². The molecule has 0 radical (unpaired) electrons. The molecule has 1 aliphatic heterocycles. The van der Waals surface area contributed by atoms with Crippen molar-refractivity contribution in [2.75, 3.05) is 32.6 Å². The van der Waals surface area contributed by atoms with Crippen molar-refractivity contribution in [2.45, 2.75) is 19.3 Å². The summed E-state index contributed by atoms with van der Waals surface area (Å²) in [5.41, 5.74) is 1.12. The van der Waals surface area contributed by atoms with Gasteiger partial charge in [0.2, 0.25) is 0 Å². The molecule has 7 heteroatoms. The fourth-order valence-electron chi connectivity index (χ4n) is 3.05. The SMILES string of the molecule is COc1ccc(OC)c(NC(=O)c2ccnc(C(=O)N3CCCCC3)c2)c1. The number of amides is 2. The summed E-state index contributed by atoms with van der Waals surface area (Å²) in [5.74, 6) is 0.629. The predicted octanol–water partition coefficient (Wildman–Crippen LogP) is 2.98. The van der Waals surface area contributed by atoms with Crippen LogP contribution in [0, 0.1) is 0 Å². The maximum Gasteiger partial charge on any atom is 0.272 e. The van der Waals surface area contributed by atoms with E-state index in [1.807, 2.05) is 0 Å². The largest absolute Gasteiger partial charge is 0.497 e. The molecule has 0 spiro atoms. The molecule has 7 nitrogen and oxygen atoms in total. The zero-order chi connectivity index (χ0) is 19.2. The Morgan fingerprint density at radius 3 is 2.52 bits per heavy atom. The van der Waals surface area contributed by atoms with Gasteiger partial charge in [0.05, 0.1) is 19.9 Å². The number of carbonyl (C=O) groups is 2. The fourth-order valence-corrected chi connectivity index (χ4v) is 3.05. The summed E-state index contributed by atoms with van der Waals surface area (Å²) in [5, 5.41) is 2.80. The van der Waals surface area contributed by atoms with Gasteiger partial charge in [-0.1, -0.05) is 0 Å². The van der Waals surface area contributed by atoms with Crippen LogP contribution in [0.15, 0.2) is 36.5 Å². The van der Waals surface area contributed by atoms with E-state index < -0.39 is 0 Å². The minimum absolute atomic E-state index is 0.136. The molecule has 0 atom stereocenters. The second kappa shape index (κ2) is 8.53. The Labute approximate surface area is 158 Å². The Bertz CT molecular complexity index is 832. The van der Waals surface area contributed by atoms with Gasteiger partial charge in [0.1, 0.15) is 17.2 Å². The monoisotopic (exact) mass is 369 g/mol. The van der Waals surface area contributed by atoms with Crippen LogP contribution < -0.4 is 14.8 Å². The van der Waals surface area contributed by atoms with Gasteiger partial charge in [0.15, 0.2) is 0 Å². The van der Waals surface area contributed by atoms with Gasteiger partial charge in [0.25, 0.3) is 11.8 Å². The van der Waals surface area contributed by atoms with Crippen molar-refractivity contribution >= 4 is 17.5 Å². The molecule has 1 aromatic carbocycles. The van der Waals surface area contributed by atoms with Crippen molar-refractivity contribution in [2.24, 2.45) is 0 Å². The molecule has 2 amide bonds. The third kappa shape index (κ3) is 4.36. The minimum Gasteiger partial charge on any atom is -0.497 e. The number of carbonyl (C=O) groups excluding carboxylic acids is 2. The number of likely N-dealkylation sites (tertiary alicyclic amines) is 1. The highest BCUT2D eigenvalue weighted by molar-refractivity contribution is 6.06. The van der Waals surface area contributed by atoms with E-state index in [0.29, 0.717) is 22.7 Å². The predicted molar refractivity (Wildman–Crippen MR) is 101 cm³/mol. The first-order valence-electron chi connectivity index (χ1n) is 8.91. The molecule has 27 heavy (non-hydrogen) atoms. The summed E-state index contributed by atoms with van der Waals surface area (Å²) in [6.07, 6.45) is 4.63.